The van der Waals surface area contributed by atoms with Crippen molar-refractivity contribution in [3.05, 3.63) is 29.3 Å². The summed E-state index contributed by atoms with van der Waals surface area (Å²) in [6, 6.07) is 5.36. The van der Waals surface area contributed by atoms with E-state index >= 15 is 0 Å². The Kier molecular flexibility index (Phi) is 7.01. The monoisotopic (exact) mass is 417 g/mol. The van der Waals surface area contributed by atoms with Gasteiger partial charge in [-0.1, -0.05) is 12.1 Å². The van der Waals surface area contributed by atoms with Crippen molar-refractivity contribution in [1.29, 1.82) is 0 Å². The van der Waals surface area contributed by atoms with Crippen molar-refractivity contribution in [2.75, 3.05) is 44.2 Å². The average molecular weight is 418 g/mol. The molecule has 0 unspecified atom stereocenters. The van der Waals surface area contributed by atoms with Crippen molar-refractivity contribution < 1.29 is 21.6 Å². The van der Waals surface area contributed by atoms with E-state index in [0.717, 1.165) is 5.56 Å². The molecule has 2 N–H and O–H groups in total. The summed E-state index contributed by atoms with van der Waals surface area (Å²) in [5, 5.41) is 0. The highest BCUT2D eigenvalue weighted by atomic mass is 32.2. The fourth-order valence-corrected chi connectivity index (χ4v) is 5.93. The summed E-state index contributed by atoms with van der Waals surface area (Å²) in [4.78, 5) is 13.0. The Morgan fingerprint density at radius 1 is 1.04 bits per heavy atom. The molecule has 1 heterocycles. The Bertz CT molecular complexity index is 889. The minimum Gasteiger partial charge on any atom is -0.370 e. The third kappa shape index (κ3) is 6.00. The van der Waals surface area contributed by atoms with E-state index in [0.29, 0.717) is 43.2 Å². The van der Waals surface area contributed by atoms with Crippen molar-refractivity contribution in [3.8, 4) is 0 Å². The lowest BCUT2D eigenvalue weighted by Crippen LogP contribution is -2.49. The second kappa shape index (κ2) is 8.68. The smallest absolute Gasteiger partial charge is 0.243 e. The summed E-state index contributed by atoms with van der Waals surface area (Å²) in [5.74, 6) is -0.948. The maximum atomic E-state index is 12.9. The lowest BCUT2D eigenvalue weighted by Gasteiger charge is -2.34. The molecule has 10 heteroatoms. The molecular weight excluding hydrogens is 390 g/mol. The highest BCUT2D eigenvalue weighted by molar-refractivity contribution is 7.91. The number of piperazine rings is 1. The molecule has 1 fully saturated rings. The molecule has 0 radical (unpaired) electrons. The van der Waals surface area contributed by atoms with Gasteiger partial charge >= 0.3 is 0 Å². The maximum absolute atomic E-state index is 12.9. The van der Waals surface area contributed by atoms with Gasteiger partial charge in [-0.05, 0) is 31.0 Å². The molecule has 0 aliphatic carbocycles. The van der Waals surface area contributed by atoms with Gasteiger partial charge in [-0.15, -0.1) is 0 Å². The zero-order chi connectivity index (χ0) is 20.2. The summed E-state index contributed by atoms with van der Waals surface area (Å²) in [5.41, 5.74) is 6.59. The number of hydrogen-bond donors (Lipinski definition) is 1. The van der Waals surface area contributed by atoms with Crippen LogP contribution in [0.25, 0.3) is 0 Å². The van der Waals surface area contributed by atoms with E-state index in [4.69, 9.17) is 5.73 Å². The van der Waals surface area contributed by atoms with Crippen LogP contribution in [0.2, 0.25) is 0 Å². The first-order valence-corrected chi connectivity index (χ1v) is 12.1. The van der Waals surface area contributed by atoms with E-state index in [-0.39, 0.29) is 17.9 Å². The largest absolute Gasteiger partial charge is 0.370 e. The molecule has 1 aliphatic rings. The number of rotatable bonds is 8. The molecule has 0 spiro atoms. The normalized spacial score (nSPS) is 17.1. The third-order valence-electron chi connectivity index (χ3n) is 4.67. The highest BCUT2D eigenvalue weighted by Crippen LogP contribution is 2.22. The minimum atomic E-state index is -3.56. The topological polar surface area (TPSA) is 118 Å². The van der Waals surface area contributed by atoms with Crippen LogP contribution in [0.4, 0.5) is 0 Å². The summed E-state index contributed by atoms with van der Waals surface area (Å²) >= 11 is 0. The second-order valence-corrected chi connectivity index (χ2v) is 11.1. The van der Waals surface area contributed by atoms with Crippen LogP contribution < -0.4 is 5.73 Å². The van der Waals surface area contributed by atoms with Crippen LogP contribution in [0.3, 0.4) is 0 Å². The Morgan fingerprint density at radius 2 is 1.67 bits per heavy atom. The number of benzene rings is 1. The van der Waals surface area contributed by atoms with Crippen LogP contribution in [0.15, 0.2) is 23.1 Å². The fourth-order valence-electron chi connectivity index (χ4n) is 2.94. The van der Waals surface area contributed by atoms with Gasteiger partial charge in [0.25, 0.3) is 0 Å². The minimum absolute atomic E-state index is 0.0655. The molecule has 0 bridgehead atoms. The van der Waals surface area contributed by atoms with E-state index in [1.54, 1.807) is 19.1 Å². The van der Waals surface area contributed by atoms with Gasteiger partial charge in [-0.2, -0.15) is 4.31 Å². The van der Waals surface area contributed by atoms with Crippen LogP contribution >= 0.6 is 0 Å². The summed E-state index contributed by atoms with van der Waals surface area (Å²) < 4.78 is 51.1. The second-order valence-electron chi connectivity index (χ2n) is 6.88. The first kappa shape index (κ1) is 21.8. The lowest BCUT2D eigenvalue weighted by molar-refractivity contribution is -0.117. The molecule has 1 amide bonds. The summed E-state index contributed by atoms with van der Waals surface area (Å²) in [7, 11) is -6.91. The van der Waals surface area contributed by atoms with Gasteiger partial charge in [0.1, 0.15) is 0 Å². The first-order valence-electron chi connectivity index (χ1n) is 8.80. The molecular formula is C17H27N3O5S2. The fraction of sp³-hybridized carbons (Fsp3) is 0.588. The molecule has 1 aromatic rings. The quantitative estimate of drug-likeness (QED) is 0.631. The van der Waals surface area contributed by atoms with E-state index in [9.17, 15) is 21.6 Å². The summed E-state index contributed by atoms with van der Waals surface area (Å²) in [6.45, 7) is 5.52. The molecule has 8 nitrogen and oxygen atoms in total. The Hall–Kier alpha value is -1.49. The number of nitrogens with zero attached hydrogens (tertiary/aromatic N) is 2. The number of sulfonamides is 1. The number of aryl methyl sites for hydroxylation is 2. The molecule has 1 saturated heterocycles. The van der Waals surface area contributed by atoms with Crippen molar-refractivity contribution >= 4 is 25.8 Å². The van der Waals surface area contributed by atoms with Gasteiger partial charge in [0.15, 0.2) is 9.84 Å². The number of hydrogen-bond acceptors (Lipinski definition) is 6. The number of nitrogens with two attached hydrogens (primary N) is 1. The third-order valence-corrected chi connectivity index (χ3v) is 8.34. The molecule has 1 aromatic carbocycles. The van der Waals surface area contributed by atoms with Gasteiger partial charge < -0.3 is 5.73 Å². The number of carbonyl (C=O) groups excluding carboxylic acids is 1. The molecule has 2 rings (SSSR count). The van der Waals surface area contributed by atoms with Crippen molar-refractivity contribution in [2.24, 2.45) is 5.73 Å². The van der Waals surface area contributed by atoms with Gasteiger partial charge in [0.2, 0.25) is 15.9 Å². The van der Waals surface area contributed by atoms with Crippen LogP contribution in [0, 0.1) is 13.8 Å². The van der Waals surface area contributed by atoms with Crippen LogP contribution in [0.1, 0.15) is 17.5 Å². The zero-order valence-corrected chi connectivity index (χ0v) is 17.4. The Balaban J connectivity index is 1.93. The van der Waals surface area contributed by atoms with Crippen LogP contribution in [0.5, 0.6) is 0 Å². The molecule has 0 aromatic heterocycles. The SMILES string of the molecule is Cc1ccc(C)c(S(=O)(=O)N2CCN(CCS(=O)(=O)CCC(N)=O)CC2)c1. The number of carbonyl (C=O) groups is 1. The van der Waals surface area contributed by atoms with Crippen molar-refractivity contribution in [2.45, 2.75) is 25.2 Å². The number of primary amides is 1. The molecule has 152 valence electrons. The summed E-state index contributed by atoms with van der Waals surface area (Å²) in [6.07, 6.45) is -0.176. The molecule has 0 saturated carbocycles. The number of amides is 1. The standard InChI is InChI=1S/C17H27N3O5S2/c1-14-3-4-15(2)16(13-14)27(24,25)20-8-6-19(7-9-20)10-12-26(22,23)11-5-17(18)21/h3-4,13H,5-12H2,1-2H3,(H2,18,21). The molecule has 1 aliphatic heterocycles. The van der Waals surface area contributed by atoms with Crippen LogP contribution in [-0.2, 0) is 24.7 Å². The van der Waals surface area contributed by atoms with Gasteiger partial charge in [-0.25, -0.2) is 16.8 Å². The molecule has 27 heavy (non-hydrogen) atoms. The first-order chi connectivity index (χ1) is 12.5. The number of sulfone groups is 1. The molecule has 0 atom stereocenters. The van der Waals surface area contributed by atoms with E-state index < -0.39 is 25.8 Å². The van der Waals surface area contributed by atoms with E-state index in [1.807, 2.05) is 17.9 Å². The zero-order valence-electron chi connectivity index (χ0n) is 15.7. The predicted molar refractivity (Wildman–Crippen MR) is 104 cm³/mol. The van der Waals surface area contributed by atoms with Gasteiger partial charge in [0.05, 0.1) is 16.4 Å². The van der Waals surface area contributed by atoms with E-state index in [2.05, 4.69) is 0 Å². The van der Waals surface area contributed by atoms with Crippen molar-refractivity contribution in [3.63, 3.8) is 0 Å². The van der Waals surface area contributed by atoms with Crippen molar-refractivity contribution in [1.82, 2.24) is 9.21 Å². The van der Waals surface area contributed by atoms with E-state index in [1.165, 1.54) is 4.31 Å². The lowest BCUT2D eigenvalue weighted by atomic mass is 10.2. The van der Waals surface area contributed by atoms with Crippen LogP contribution in [-0.4, -0.2) is 76.2 Å². The average Bonchev–Trinajstić information content (AvgIpc) is 2.61. The highest BCUT2D eigenvalue weighted by Gasteiger charge is 2.30. The Morgan fingerprint density at radius 3 is 2.26 bits per heavy atom. The van der Waals surface area contributed by atoms with Gasteiger partial charge in [-0.3, -0.25) is 9.69 Å². The predicted octanol–water partition coefficient (Wildman–Crippen LogP) is -0.100. The maximum Gasteiger partial charge on any atom is 0.243 e. The van der Waals surface area contributed by atoms with Gasteiger partial charge in [0, 0.05) is 39.1 Å². The Labute approximate surface area is 161 Å².